The lowest BCUT2D eigenvalue weighted by atomic mass is 9.81. The second kappa shape index (κ2) is 7.43. The third-order valence-electron chi connectivity index (χ3n) is 3.96. The molecule has 0 bridgehead atoms. The Morgan fingerprint density at radius 3 is 2.72 bits per heavy atom. The highest BCUT2D eigenvalue weighted by atomic mass is 32.1. The number of carbonyl (C=O) groups excluding carboxylic acids is 1. The van der Waals surface area contributed by atoms with Crippen LogP contribution in [0.1, 0.15) is 55.4 Å². The number of ether oxygens (including phenoxy) is 1. The average Bonchev–Trinajstić information content (AvgIpc) is 2.82. The summed E-state index contributed by atoms with van der Waals surface area (Å²) in [6, 6.07) is 0. The number of nitrogens with one attached hydrogen (secondary N) is 3. The van der Waals surface area contributed by atoms with Gasteiger partial charge in [-0.3, -0.25) is 0 Å². The van der Waals surface area contributed by atoms with E-state index in [9.17, 15) is 4.79 Å². The van der Waals surface area contributed by atoms with Crippen LogP contribution in [-0.4, -0.2) is 29.8 Å². The molecule has 2 rings (SSSR count). The largest absolute Gasteiger partial charge is 0.462 e. The lowest BCUT2D eigenvalue weighted by Crippen LogP contribution is -2.55. The molecule has 138 valence electrons. The summed E-state index contributed by atoms with van der Waals surface area (Å²) < 4.78 is 5.32. The molecular weight excluding hydrogens is 354 g/mol. The predicted molar refractivity (Wildman–Crippen MR) is 109 cm³/mol. The first-order valence-corrected chi connectivity index (χ1v) is 9.62. The van der Waals surface area contributed by atoms with Gasteiger partial charge in [-0.25, -0.2) is 4.79 Å². The number of fused-ring (bicyclic) bond motifs is 1. The molecule has 1 aromatic rings. The van der Waals surface area contributed by atoms with Crippen LogP contribution in [-0.2, 0) is 16.7 Å². The summed E-state index contributed by atoms with van der Waals surface area (Å²) in [5.41, 5.74) is 1.30. The molecule has 0 aliphatic carbocycles. The number of esters is 1. The topological polar surface area (TPSA) is 62.4 Å². The van der Waals surface area contributed by atoms with Crippen molar-refractivity contribution in [1.82, 2.24) is 10.6 Å². The monoisotopic (exact) mass is 381 g/mol. The van der Waals surface area contributed by atoms with Crippen molar-refractivity contribution in [3.8, 4) is 0 Å². The number of anilines is 1. The maximum Gasteiger partial charge on any atom is 0.341 e. The number of carbonyl (C=O) groups is 1. The molecule has 0 saturated heterocycles. The second-order valence-electron chi connectivity index (χ2n) is 7.27. The highest BCUT2D eigenvalue weighted by molar-refractivity contribution is 7.80. The summed E-state index contributed by atoms with van der Waals surface area (Å²) in [6.45, 7) is 14.9. The molecule has 0 aromatic carbocycles. The maximum atomic E-state index is 12.7. The fourth-order valence-electron chi connectivity index (χ4n) is 3.35. The number of thiophene rings is 1. The zero-order valence-corrected chi connectivity index (χ0v) is 17.2. The Balaban J connectivity index is 2.49. The molecule has 2 heterocycles. The molecule has 1 aliphatic heterocycles. The Morgan fingerprint density at radius 2 is 2.12 bits per heavy atom. The van der Waals surface area contributed by atoms with Crippen LogP contribution in [0.2, 0.25) is 0 Å². The minimum Gasteiger partial charge on any atom is -0.462 e. The average molecular weight is 382 g/mol. The molecule has 25 heavy (non-hydrogen) atoms. The highest BCUT2D eigenvalue weighted by Gasteiger charge is 2.42. The van der Waals surface area contributed by atoms with Crippen molar-refractivity contribution in [3.05, 3.63) is 28.7 Å². The third-order valence-corrected chi connectivity index (χ3v) is 5.68. The number of thiocarbonyl (C=S) groups is 1. The van der Waals surface area contributed by atoms with E-state index in [0.29, 0.717) is 23.8 Å². The maximum absolute atomic E-state index is 12.7. The number of hydrogen-bond acceptors (Lipinski definition) is 5. The number of rotatable bonds is 5. The lowest BCUT2D eigenvalue weighted by molar-refractivity contribution is 0.0526. The second-order valence-corrected chi connectivity index (χ2v) is 8.70. The van der Waals surface area contributed by atoms with E-state index in [1.165, 1.54) is 0 Å². The van der Waals surface area contributed by atoms with Gasteiger partial charge in [0.2, 0.25) is 0 Å². The fraction of sp³-hybridized carbons (Fsp3) is 0.556. The van der Waals surface area contributed by atoms with Crippen LogP contribution in [0.4, 0.5) is 5.00 Å². The summed E-state index contributed by atoms with van der Waals surface area (Å²) >= 11 is 6.88. The van der Waals surface area contributed by atoms with Crippen LogP contribution in [0, 0.1) is 0 Å². The van der Waals surface area contributed by atoms with E-state index in [1.54, 1.807) is 17.4 Å². The van der Waals surface area contributed by atoms with Gasteiger partial charge in [0.15, 0.2) is 5.11 Å². The Bertz CT molecular complexity index is 693. The minimum atomic E-state index is -0.303. The van der Waals surface area contributed by atoms with Crippen molar-refractivity contribution < 1.29 is 9.53 Å². The molecule has 0 atom stereocenters. The summed E-state index contributed by atoms with van der Waals surface area (Å²) in [6.07, 6.45) is 2.49. The van der Waals surface area contributed by atoms with E-state index in [4.69, 9.17) is 17.0 Å². The third kappa shape index (κ3) is 4.40. The molecule has 0 spiro atoms. The highest BCUT2D eigenvalue weighted by Crippen LogP contribution is 2.45. The molecule has 1 aliphatic rings. The molecule has 7 heteroatoms. The van der Waals surface area contributed by atoms with E-state index in [2.05, 4.69) is 50.2 Å². The lowest BCUT2D eigenvalue weighted by Gasteiger charge is -2.42. The Hall–Kier alpha value is -1.44. The van der Waals surface area contributed by atoms with E-state index in [1.807, 2.05) is 6.92 Å². The Kier molecular flexibility index (Phi) is 5.91. The Morgan fingerprint density at radius 1 is 1.44 bits per heavy atom. The van der Waals surface area contributed by atoms with Crippen molar-refractivity contribution in [1.29, 1.82) is 0 Å². The minimum absolute atomic E-state index is 0.113. The van der Waals surface area contributed by atoms with Gasteiger partial charge in [0.05, 0.1) is 12.2 Å². The van der Waals surface area contributed by atoms with Crippen LogP contribution >= 0.6 is 23.6 Å². The molecule has 3 N–H and O–H groups in total. The van der Waals surface area contributed by atoms with Crippen molar-refractivity contribution >= 4 is 39.6 Å². The van der Waals surface area contributed by atoms with Gasteiger partial charge in [-0.05, 0) is 58.8 Å². The Labute approximate surface area is 159 Å². The predicted octanol–water partition coefficient (Wildman–Crippen LogP) is 3.56. The molecule has 0 amide bonds. The van der Waals surface area contributed by atoms with Crippen LogP contribution in [0.25, 0.3) is 0 Å². The SMILES string of the molecule is C=CCNC(=S)Nc1sc2c(c1C(=O)OCC)CC(C)(C)NC2(C)C. The number of hydrogen-bond donors (Lipinski definition) is 3. The summed E-state index contributed by atoms with van der Waals surface area (Å²) in [4.78, 5) is 13.8. The van der Waals surface area contributed by atoms with Gasteiger partial charge < -0.3 is 20.7 Å². The first kappa shape index (κ1) is 19.9. The standard InChI is InChI=1S/C18H27N3O2S2/c1-7-9-19-16(24)20-14-12(15(22)23-8-2)11-10-17(3,4)21-18(5,6)13(11)25-14/h7,21H,1,8-10H2,2-6H3,(H2,19,20,24). The van der Waals surface area contributed by atoms with E-state index >= 15 is 0 Å². The van der Waals surface area contributed by atoms with Gasteiger partial charge in [0.25, 0.3) is 0 Å². The van der Waals surface area contributed by atoms with Gasteiger partial charge in [-0.2, -0.15) is 0 Å². The fourth-order valence-corrected chi connectivity index (χ4v) is 4.87. The van der Waals surface area contributed by atoms with Gasteiger partial charge >= 0.3 is 5.97 Å². The van der Waals surface area contributed by atoms with Crippen molar-refractivity contribution in [2.45, 2.75) is 52.1 Å². The molecular formula is C18H27N3O2S2. The normalized spacial score (nSPS) is 17.3. The van der Waals surface area contributed by atoms with E-state index < -0.39 is 0 Å². The van der Waals surface area contributed by atoms with Crippen LogP contribution in [0.15, 0.2) is 12.7 Å². The van der Waals surface area contributed by atoms with E-state index in [-0.39, 0.29) is 17.0 Å². The molecule has 0 saturated carbocycles. The van der Waals surface area contributed by atoms with E-state index in [0.717, 1.165) is 21.9 Å². The molecule has 1 aromatic heterocycles. The molecule has 0 fully saturated rings. The molecule has 0 unspecified atom stereocenters. The molecule has 0 radical (unpaired) electrons. The zero-order valence-electron chi connectivity index (χ0n) is 15.5. The van der Waals surface area contributed by atoms with Crippen molar-refractivity contribution in [2.75, 3.05) is 18.5 Å². The van der Waals surface area contributed by atoms with Gasteiger partial charge in [-0.1, -0.05) is 6.08 Å². The quantitative estimate of drug-likeness (QED) is 0.412. The van der Waals surface area contributed by atoms with Crippen molar-refractivity contribution in [3.63, 3.8) is 0 Å². The molecule has 5 nitrogen and oxygen atoms in total. The smallest absolute Gasteiger partial charge is 0.341 e. The van der Waals surface area contributed by atoms with Crippen LogP contribution in [0.3, 0.4) is 0 Å². The van der Waals surface area contributed by atoms with Gasteiger partial charge in [0, 0.05) is 22.5 Å². The summed E-state index contributed by atoms with van der Waals surface area (Å²) in [7, 11) is 0. The summed E-state index contributed by atoms with van der Waals surface area (Å²) in [5.74, 6) is -0.303. The van der Waals surface area contributed by atoms with Crippen LogP contribution < -0.4 is 16.0 Å². The zero-order chi connectivity index (χ0) is 18.8. The summed E-state index contributed by atoms with van der Waals surface area (Å²) in [5, 5.41) is 11.1. The van der Waals surface area contributed by atoms with Crippen LogP contribution in [0.5, 0.6) is 0 Å². The van der Waals surface area contributed by atoms with Gasteiger partial charge in [0.1, 0.15) is 5.00 Å². The first-order valence-electron chi connectivity index (χ1n) is 8.39. The first-order chi connectivity index (χ1) is 11.6. The van der Waals surface area contributed by atoms with Gasteiger partial charge in [-0.15, -0.1) is 17.9 Å². The van der Waals surface area contributed by atoms with Crippen molar-refractivity contribution in [2.24, 2.45) is 0 Å².